The zero-order valence-corrected chi connectivity index (χ0v) is 15.8. The van der Waals surface area contributed by atoms with E-state index in [9.17, 15) is 14.4 Å². The summed E-state index contributed by atoms with van der Waals surface area (Å²) in [6.07, 6.45) is 0. The molecule has 0 spiro atoms. The van der Waals surface area contributed by atoms with Crippen molar-refractivity contribution >= 4 is 44.5 Å². The lowest BCUT2D eigenvalue weighted by molar-refractivity contribution is -0.119. The van der Waals surface area contributed by atoms with Gasteiger partial charge in [-0.3, -0.25) is 4.79 Å². The van der Waals surface area contributed by atoms with Crippen LogP contribution in [0, 0.1) is 0 Å². The summed E-state index contributed by atoms with van der Waals surface area (Å²) in [4.78, 5) is 36.2. The number of benzene rings is 2. The summed E-state index contributed by atoms with van der Waals surface area (Å²) in [7, 11) is 0. The van der Waals surface area contributed by atoms with E-state index in [0.717, 1.165) is 4.47 Å². The maximum absolute atomic E-state index is 12.2. The minimum Gasteiger partial charge on any atom is -0.454 e. The normalized spacial score (nSPS) is 12.0. The highest BCUT2D eigenvalue weighted by atomic mass is 79.9. The van der Waals surface area contributed by atoms with Crippen LogP contribution < -0.4 is 20.4 Å². The SMILES string of the molecule is O=C(COC(=O)c1cc2cc(Br)ccc2oc1=O)Nc1ccc2c(c1)OCO2. The van der Waals surface area contributed by atoms with Crippen molar-refractivity contribution in [1.82, 2.24) is 0 Å². The van der Waals surface area contributed by atoms with Gasteiger partial charge in [-0.05, 0) is 36.4 Å². The molecular formula is C19H12BrNO7. The molecule has 0 aliphatic carbocycles. The summed E-state index contributed by atoms with van der Waals surface area (Å²) in [5.41, 5.74) is -0.330. The first-order valence-corrected chi connectivity index (χ1v) is 8.89. The fourth-order valence-electron chi connectivity index (χ4n) is 2.62. The molecule has 8 nitrogen and oxygen atoms in total. The van der Waals surface area contributed by atoms with Crippen LogP contribution in [-0.4, -0.2) is 25.3 Å². The Hall–Kier alpha value is -3.33. The van der Waals surface area contributed by atoms with E-state index in [0.29, 0.717) is 28.2 Å². The molecule has 0 saturated carbocycles. The van der Waals surface area contributed by atoms with Gasteiger partial charge in [0.2, 0.25) is 6.79 Å². The molecule has 28 heavy (non-hydrogen) atoms. The average Bonchev–Trinajstić information content (AvgIpc) is 3.13. The lowest BCUT2D eigenvalue weighted by Gasteiger charge is -2.07. The molecule has 0 fully saturated rings. The third-order valence-electron chi connectivity index (χ3n) is 3.90. The third kappa shape index (κ3) is 3.70. The van der Waals surface area contributed by atoms with E-state index < -0.39 is 24.1 Å². The molecule has 1 aromatic heterocycles. The second-order valence-electron chi connectivity index (χ2n) is 5.82. The molecule has 1 N–H and O–H groups in total. The fourth-order valence-corrected chi connectivity index (χ4v) is 3.00. The first-order chi connectivity index (χ1) is 13.5. The fraction of sp³-hybridized carbons (Fsp3) is 0.105. The number of carbonyl (C=O) groups is 2. The molecule has 1 aliphatic rings. The minimum atomic E-state index is -0.948. The topological polar surface area (TPSA) is 104 Å². The summed E-state index contributed by atoms with van der Waals surface area (Å²) < 4.78 is 21.2. The zero-order valence-electron chi connectivity index (χ0n) is 14.2. The van der Waals surface area contributed by atoms with E-state index in [4.69, 9.17) is 18.6 Å². The van der Waals surface area contributed by atoms with E-state index in [1.165, 1.54) is 6.07 Å². The van der Waals surface area contributed by atoms with Crippen molar-refractivity contribution in [2.75, 3.05) is 18.7 Å². The highest BCUT2D eigenvalue weighted by molar-refractivity contribution is 9.10. The first-order valence-electron chi connectivity index (χ1n) is 8.09. The molecule has 142 valence electrons. The van der Waals surface area contributed by atoms with E-state index >= 15 is 0 Å². The summed E-state index contributed by atoms with van der Waals surface area (Å²) in [6, 6.07) is 11.3. The molecule has 0 bridgehead atoms. The maximum atomic E-state index is 12.2. The third-order valence-corrected chi connectivity index (χ3v) is 4.40. The van der Waals surface area contributed by atoms with Gasteiger partial charge in [0.25, 0.3) is 5.91 Å². The van der Waals surface area contributed by atoms with Crippen LogP contribution in [0.5, 0.6) is 11.5 Å². The standard InChI is InChI=1S/C19H12BrNO7/c20-11-1-3-14-10(5-11)6-13(19(24)28-14)18(23)25-8-17(22)21-12-2-4-15-16(7-12)27-9-26-15/h1-7H,8-9H2,(H,21,22). The van der Waals surface area contributed by atoms with E-state index in [1.807, 2.05) is 0 Å². The van der Waals surface area contributed by atoms with Crippen molar-refractivity contribution < 1.29 is 28.2 Å². The molecule has 0 atom stereocenters. The van der Waals surface area contributed by atoms with Crippen molar-refractivity contribution in [3.8, 4) is 11.5 Å². The molecule has 1 amide bonds. The van der Waals surface area contributed by atoms with Crippen LogP contribution in [0.4, 0.5) is 5.69 Å². The van der Waals surface area contributed by atoms with Gasteiger partial charge >= 0.3 is 11.6 Å². The number of hydrogen-bond acceptors (Lipinski definition) is 7. The summed E-state index contributed by atoms with van der Waals surface area (Å²) >= 11 is 3.31. The maximum Gasteiger partial charge on any atom is 0.351 e. The number of amides is 1. The molecule has 0 radical (unpaired) electrons. The summed E-state index contributed by atoms with van der Waals surface area (Å²) in [5, 5.41) is 3.12. The quantitative estimate of drug-likeness (QED) is 0.485. The number of fused-ring (bicyclic) bond motifs is 2. The monoisotopic (exact) mass is 445 g/mol. The van der Waals surface area contributed by atoms with Gasteiger partial charge in [-0.15, -0.1) is 0 Å². The highest BCUT2D eigenvalue weighted by Crippen LogP contribution is 2.34. The van der Waals surface area contributed by atoms with Crippen molar-refractivity contribution in [2.24, 2.45) is 0 Å². The highest BCUT2D eigenvalue weighted by Gasteiger charge is 2.18. The van der Waals surface area contributed by atoms with Crippen molar-refractivity contribution in [2.45, 2.75) is 0 Å². The molecule has 0 saturated heterocycles. The number of carbonyl (C=O) groups excluding carboxylic acids is 2. The number of hydrogen-bond donors (Lipinski definition) is 1. The Bertz CT molecular complexity index is 1150. The van der Waals surface area contributed by atoms with E-state index in [1.54, 1.807) is 36.4 Å². The van der Waals surface area contributed by atoms with Gasteiger partial charge in [-0.1, -0.05) is 15.9 Å². The largest absolute Gasteiger partial charge is 0.454 e. The van der Waals surface area contributed by atoms with Crippen LogP contribution in [0.25, 0.3) is 11.0 Å². The minimum absolute atomic E-state index is 0.120. The second kappa shape index (κ2) is 7.35. The number of ether oxygens (including phenoxy) is 3. The Morgan fingerprint density at radius 1 is 1.07 bits per heavy atom. The van der Waals surface area contributed by atoms with E-state index in [2.05, 4.69) is 21.2 Å². The van der Waals surface area contributed by atoms with Crippen LogP contribution in [0.3, 0.4) is 0 Å². The summed E-state index contributed by atoms with van der Waals surface area (Å²) in [5.74, 6) is -0.426. The lowest BCUT2D eigenvalue weighted by Crippen LogP contribution is -2.23. The van der Waals surface area contributed by atoms with Crippen molar-refractivity contribution in [1.29, 1.82) is 0 Å². The number of halogens is 1. The van der Waals surface area contributed by atoms with Crippen molar-refractivity contribution in [3.63, 3.8) is 0 Å². The van der Waals surface area contributed by atoms with E-state index in [-0.39, 0.29) is 12.4 Å². The predicted octanol–water partition coefficient (Wildman–Crippen LogP) is 3.08. The Kier molecular flexibility index (Phi) is 4.74. The Morgan fingerprint density at radius 2 is 1.89 bits per heavy atom. The van der Waals surface area contributed by atoms with Gasteiger partial charge in [0.1, 0.15) is 11.1 Å². The molecule has 4 rings (SSSR count). The molecule has 2 aromatic carbocycles. The van der Waals surface area contributed by atoms with Gasteiger partial charge < -0.3 is 23.9 Å². The van der Waals surface area contributed by atoms with Crippen LogP contribution in [0.1, 0.15) is 10.4 Å². The number of rotatable bonds is 4. The van der Waals surface area contributed by atoms with Gasteiger partial charge in [0, 0.05) is 21.6 Å². The number of esters is 1. The molecule has 0 unspecified atom stereocenters. The molecule has 1 aliphatic heterocycles. The first kappa shape index (κ1) is 18.1. The van der Waals surface area contributed by atoms with Gasteiger partial charge in [0.15, 0.2) is 18.1 Å². The van der Waals surface area contributed by atoms with Crippen LogP contribution in [0.15, 0.2) is 56.1 Å². The molecular weight excluding hydrogens is 434 g/mol. The van der Waals surface area contributed by atoms with Crippen LogP contribution in [0.2, 0.25) is 0 Å². The average molecular weight is 446 g/mol. The lowest BCUT2D eigenvalue weighted by atomic mass is 10.2. The Labute approximate surface area is 166 Å². The molecule has 2 heterocycles. The van der Waals surface area contributed by atoms with Gasteiger partial charge in [-0.25, -0.2) is 9.59 Å². The number of anilines is 1. The smallest absolute Gasteiger partial charge is 0.351 e. The van der Waals surface area contributed by atoms with Crippen LogP contribution >= 0.6 is 15.9 Å². The summed E-state index contributed by atoms with van der Waals surface area (Å²) in [6.45, 7) is -0.446. The molecule has 9 heteroatoms. The van der Waals surface area contributed by atoms with Crippen LogP contribution in [-0.2, 0) is 9.53 Å². The van der Waals surface area contributed by atoms with Crippen molar-refractivity contribution in [3.05, 3.63) is 62.9 Å². The number of nitrogens with one attached hydrogen (secondary N) is 1. The zero-order chi connectivity index (χ0) is 19.7. The predicted molar refractivity (Wildman–Crippen MR) is 102 cm³/mol. The molecule has 3 aromatic rings. The second-order valence-corrected chi connectivity index (χ2v) is 6.74. The van der Waals surface area contributed by atoms with Gasteiger partial charge in [0.05, 0.1) is 0 Å². The Balaban J connectivity index is 1.42. The van der Waals surface area contributed by atoms with Gasteiger partial charge in [-0.2, -0.15) is 0 Å². The Morgan fingerprint density at radius 3 is 2.75 bits per heavy atom.